The van der Waals surface area contributed by atoms with Crippen LogP contribution in [0.2, 0.25) is 5.02 Å². The standard InChI is InChI=1S/C30H33ClF3N3O4S/c1-4-16-35-29(39)27(17-22-11-6-5-7-12-22)36(19-23-13-9-8-10-21(23)2)28(38)20-37(42(3,40)41)26-18-24(30(32,33)34)14-15-25(26)31/h5-15,18,27H,4,16-17,19-20H2,1-3H3,(H,35,39). The number of alkyl halides is 3. The summed E-state index contributed by atoms with van der Waals surface area (Å²) in [5, 5.41) is 2.54. The molecule has 3 aromatic rings. The molecule has 226 valence electrons. The quantitative estimate of drug-likeness (QED) is 0.285. The number of sulfonamides is 1. The van der Waals surface area contributed by atoms with Crippen LogP contribution in [0.25, 0.3) is 0 Å². The van der Waals surface area contributed by atoms with E-state index in [1.54, 1.807) is 24.3 Å². The number of carbonyl (C=O) groups excluding carboxylic acids is 2. The normalized spacial score (nSPS) is 12.5. The molecule has 1 unspecified atom stereocenters. The Morgan fingerprint density at radius 1 is 1.00 bits per heavy atom. The van der Waals surface area contributed by atoms with Crippen molar-refractivity contribution in [3.05, 3.63) is 100 Å². The fourth-order valence-corrected chi connectivity index (χ4v) is 5.49. The Morgan fingerprint density at radius 2 is 1.64 bits per heavy atom. The van der Waals surface area contributed by atoms with E-state index in [4.69, 9.17) is 11.6 Å². The first-order chi connectivity index (χ1) is 19.7. The summed E-state index contributed by atoms with van der Waals surface area (Å²) in [6, 6.07) is 17.5. The van der Waals surface area contributed by atoms with Gasteiger partial charge in [-0.25, -0.2) is 8.42 Å². The van der Waals surface area contributed by atoms with Gasteiger partial charge in [-0.05, 0) is 48.2 Å². The fourth-order valence-electron chi connectivity index (χ4n) is 4.37. The van der Waals surface area contributed by atoms with E-state index in [9.17, 15) is 31.2 Å². The minimum Gasteiger partial charge on any atom is -0.354 e. The maximum absolute atomic E-state index is 14.1. The van der Waals surface area contributed by atoms with Gasteiger partial charge in [0.25, 0.3) is 0 Å². The Hall–Kier alpha value is -3.57. The van der Waals surface area contributed by atoms with E-state index < -0.39 is 51.9 Å². The number of carbonyl (C=O) groups is 2. The van der Waals surface area contributed by atoms with Gasteiger partial charge in [0.1, 0.15) is 12.6 Å². The van der Waals surface area contributed by atoms with E-state index in [-0.39, 0.29) is 18.0 Å². The third-order valence-electron chi connectivity index (χ3n) is 6.64. The molecule has 12 heteroatoms. The van der Waals surface area contributed by atoms with Crippen LogP contribution in [-0.4, -0.2) is 50.5 Å². The highest BCUT2D eigenvalue weighted by Crippen LogP contribution is 2.36. The van der Waals surface area contributed by atoms with Gasteiger partial charge in [-0.15, -0.1) is 0 Å². The van der Waals surface area contributed by atoms with Crippen LogP contribution in [0.15, 0.2) is 72.8 Å². The third kappa shape index (κ3) is 8.72. The molecule has 0 saturated heterocycles. The summed E-state index contributed by atoms with van der Waals surface area (Å²) in [6.07, 6.45) is -3.23. The van der Waals surface area contributed by atoms with Gasteiger partial charge in [-0.1, -0.05) is 73.1 Å². The maximum atomic E-state index is 14.1. The van der Waals surface area contributed by atoms with Crippen LogP contribution in [0.4, 0.5) is 18.9 Å². The Bertz CT molecular complexity index is 1500. The van der Waals surface area contributed by atoms with Crippen molar-refractivity contribution in [2.24, 2.45) is 0 Å². The van der Waals surface area contributed by atoms with Crippen molar-refractivity contribution in [3.8, 4) is 0 Å². The van der Waals surface area contributed by atoms with Gasteiger partial charge in [0, 0.05) is 19.5 Å². The molecule has 0 aromatic heterocycles. The van der Waals surface area contributed by atoms with E-state index in [0.717, 1.165) is 35.1 Å². The molecule has 3 aromatic carbocycles. The molecular formula is C30H33ClF3N3O4S. The minimum absolute atomic E-state index is 0.0452. The Balaban J connectivity index is 2.11. The van der Waals surface area contributed by atoms with E-state index >= 15 is 0 Å². The number of hydrogen-bond acceptors (Lipinski definition) is 4. The lowest BCUT2D eigenvalue weighted by molar-refractivity contribution is -0.140. The van der Waals surface area contributed by atoms with Crippen molar-refractivity contribution in [1.29, 1.82) is 0 Å². The molecule has 0 fully saturated rings. The van der Waals surface area contributed by atoms with E-state index in [1.165, 1.54) is 4.90 Å². The molecule has 1 N–H and O–H groups in total. The zero-order valence-electron chi connectivity index (χ0n) is 23.5. The summed E-state index contributed by atoms with van der Waals surface area (Å²) in [7, 11) is -4.30. The summed E-state index contributed by atoms with van der Waals surface area (Å²) in [6.45, 7) is 3.15. The SMILES string of the molecule is CCCNC(=O)C(Cc1ccccc1)N(Cc1ccccc1C)C(=O)CN(c1cc(C(F)(F)F)ccc1Cl)S(C)(=O)=O. The predicted molar refractivity (Wildman–Crippen MR) is 158 cm³/mol. The van der Waals surface area contributed by atoms with Crippen molar-refractivity contribution in [1.82, 2.24) is 10.2 Å². The van der Waals surface area contributed by atoms with Gasteiger partial charge in [0.05, 0.1) is 22.5 Å². The molecule has 0 aliphatic carbocycles. The zero-order valence-corrected chi connectivity index (χ0v) is 25.1. The van der Waals surface area contributed by atoms with Crippen LogP contribution in [0, 0.1) is 6.92 Å². The summed E-state index contributed by atoms with van der Waals surface area (Å²) >= 11 is 6.18. The molecule has 0 bridgehead atoms. The average molecular weight is 624 g/mol. The second kappa shape index (κ2) is 14.1. The maximum Gasteiger partial charge on any atom is 0.416 e. The van der Waals surface area contributed by atoms with Crippen molar-refractivity contribution in [2.45, 2.75) is 45.5 Å². The molecule has 0 saturated carbocycles. The largest absolute Gasteiger partial charge is 0.416 e. The number of benzene rings is 3. The number of nitrogens with zero attached hydrogens (tertiary/aromatic N) is 2. The predicted octanol–water partition coefficient (Wildman–Crippen LogP) is 5.60. The number of anilines is 1. The molecule has 7 nitrogen and oxygen atoms in total. The lowest BCUT2D eigenvalue weighted by Crippen LogP contribution is -2.53. The van der Waals surface area contributed by atoms with Gasteiger partial charge in [-0.2, -0.15) is 13.2 Å². The first-order valence-corrected chi connectivity index (χ1v) is 15.4. The fraction of sp³-hybridized carbons (Fsp3) is 0.333. The highest BCUT2D eigenvalue weighted by molar-refractivity contribution is 7.92. The topological polar surface area (TPSA) is 86.8 Å². The molecule has 1 atom stereocenters. The number of rotatable bonds is 12. The molecule has 0 radical (unpaired) electrons. The van der Waals surface area contributed by atoms with Crippen LogP contribution in [0.5, 0.6) is 0 Å². The zero-order chi connectivity index (χ0) is 31.1. The number of aryl methyl sites for hydroxylation is 1. The van der Waals surface area contributed by atoms with E-state index in [0.29, 0.717) is 23.3 Å². The molecule has 2 amide bonds. The third-order valence-corrected chi connectivity index (χ3v) is 8.09. The van der Waals surface area contributed by atoms with Crippen molar-refractivity contribution in [2.75, 3.05) is 23.7 Å². The first-order valence-electron chi connectivity index (χ1n) is 13.2. The van der Waals surface area contributed by atoms with Crippen LogP contribution < -0.4 is 9.62 Å². The summed E-state index contributed by atoms with van der Waals surface area (Å²) < 4.78 is 66.8. The van der Waals surface area contributed by atoms with Crippen LogP contribution in [0.3, 0.4) is 0 Å². The summed E-state index contributed by atoms with van der Waals surface area (Å²) in [5.74, 6) is -1.23. The van der Waals surface area contributed by atoms with Crippen molar-refractivity contribution >= 4 is 39.1 Å². The lowest BCUT2D eigenvalue weighted by atomic mass is 10.0. The van der Waals surface area contributed by atoms with Crippen LogP contribution >= 0.6 is 11.6 Å². The highest BCUT2D eigenvalue weighted by Gasteiger charge is 2.36. The van der Waals surface area contributed by atoms with Gasteiger partial charge < -0.3 is 10.2 Å². The molecule has 3 rings (SSSR count). The number of halogens is 4. The molecule has 0 heterocycles. The summed E-state index contributed by atoms with van der Waals surface area (Å²) in [5.41, 5.74) is 0.699. The van der Waals surface area contributed by atoms with Crippen molar-refractivity contribution in [3.63, 3.8) is 0 Å². The van der Waals surface area contributed by atoms with Gasteiger partial charge in [0.15, 0.2) is 0 Å². The molecular weight excluding hydrogens is 591 g/mol. The van der Waals surface area contributed by atoms with E-state index in [1.807, 2.05) is 44.2 Å². The molecule has 0 spiro atoms. The molecule has 0 aliphatic heterocycles. The Labute approximate surface area is 249 Å². The Kier molecular flexibility index (Phi) is 11.0. The second-order valence-corrected chi connectivity index (χ2v) is 12.2. The molecule has 42 heavy (non-hydrogen) atoms. The average Bonchev–Trinajstić information content (AvgIpc) is 2.93. The lowest BCUT2D eigenvalue weighted by Gasteiger charge is -2.34. The van der Waals surface area contributed by atoms with Crippen molar-refractivity contribution < 1.29 is 31.2 Å². The second-order valence-electron chi connectivity index (χ2n) is 9.88. The first kappa shape index (κ1) is 32.9. The summed E-state index contributed by atoms with van der Waals surface area (Å²) in [4.78, 5) is 28.9. The van der Waals surface area contributed by atoms with E-state index in [2.05, 4.69) is 5.32 Å². The number of hydrogen-bond donors (Lipinski definition) is 1. The number of amides is 2. The molecule has 0 aliphatic rings. The van der Waals surface area contributed by atoms with Gasteiger partial charge in [-0.3, -0.25) is 13.9 Å². The van der Waals surface area contributed by atoms with Crippen LogP contribution in [-0.2, 0) is 38.8 Å². The monoisotopic (exact) mass is 623 g/mol. The van der Waals surface area contributed by atoms with Gasteiger partial charge >= 0.3 is 6.18 Å². The number of nitrogens with one attached hydrogen (secondary N) is 1. The minimum atomic E-state index is -4.78. The van der Waals surface area contributed by atoms with Crippen LogP contribution in [0.1, 0.15) is 35.6 Å². The smallest absolute Gasteiger partial charge is 0.354 e. The van der Waals surface area contributed by atoms with Gasteiger partial charge in [0.2, 0.25) is 21.8 Å². The highest BCUT2D eigenvalue weighted by atomic mass is 35.5. The Morgan fingerprint density at radius 3 is 2.24 bits per heavy atom.